The van der Waals surface area contributed by atoms with Gasteiger partial charge in [-0.25, -0.2) is 9.38 Å². The predicted molar refractivity (Wildman–Crippen MR) is 115 cm³/mol. The second-order valence-electron chi connectivity index (χ2n) is 5.87. The Bertz CT molecular complexity index is 728. The molecule has 6 nitrogen and oxygen atoms in total. The number of halogens is 2. The second kappa shape index (κ2) is 11.9. The van der Waals surface area contributed by atoms with Crippen LogP contribution in [0.25, 0.3) is 0 Å². The first kappa shape index (κ1) is 23.4. The summed E-state index contributed by atoms with van der Waals surface area (Å²) in [5.74, 6) is 1.14. The van der Waals surface area contributed by atoms with Gasteiger partial charge < -0.3 is 20.3 Å². The number of rotatable bonds is 8. The number of benzene rings is 1. The van der Waals surface area contributed by atoms with E-state index in [-0.39, 0.29) is 36.1 Å². The third-order valence-corrected chi connectivity index (χ3v) is 4.08. The molecule has 0 saturated heterocycles. The Balaban J connectivity index is 0.00000364. The molecule has 27 heavy (non-hydrogen) atoms. The fourth-order valence-corrected chi connectivity index (χ4v) is 2.67. The highest BCUT2D eigenvalue weighted by Gasteiger charge is 2.13. The van der Waals surface area contributed by atoms with Crippen molar-refractivity contribution < 1.29 is 14.0 Å². The Morgan fingerprint density at radius 1 is 1.22 bits per heavy atom. The van der Waals surface area contributed by atoms with Crippen molar-refractivity contribution in [2.45, 2.75) is 53.3 Å². The standard InChI is InChI=1S/C19H27FN4O2.HI/c1-4-17-15(18(5-2)26-24-17)11-23-19(21-6-3)22-10-13-7-8-16(20)14(9-13)12-25;/h7-9,25H,4-6,10-12H2,1-3H3,(H2,21,22,23);1H. The van der Waals surface area contributed by atoms with E-state index in [4.69, 9.17) is 4.52 Å². The molecule has 0 fully saturated rings. The molecule has 0 aliphatic carbocycles. The summed E-state index contributed by atoms with van der Waals surface area (Å²) in [5.41, 5.74) is 3.14. The van der Waals surface area contributed by atoms with Crippen LogP contribution >= 0.6 is 24.0 Å². The normalized spacial score (nSPS) is 11.2. The van der Waals surface area contributed by atoms with Gasteiger partial charge in [-0.05, 0) is 31.0 Å². The quantitative estimate of drug-likeness (QED) is 0.301. The first-order valence-corrected chi connectivity index (χ1v) is 8.99. The van der Waals surface area contributed by atoms with Crippen LogP contribution < -0.4 is 10.6 Å². The smallest absolute Gasteiger partial charge is 0.191 e. The maximum atomic E-state index is 13.5. The Morgan fingerprint density at radius 3 is 2.63 bits per heavy atom. The minimum Gasteiger partial charge on any atom is -0.392 e. The molecule has 0 unspecified atom stereocenters. The van der Waals surface area contributed by atoms with E-state index in [9.17, 15) is 9.50 Å². The van der Waals surface area contributed by atoms with Gasteiger partial charge in [0.25, 0.3) is 0 Å². The van der Waals surface area contributed by atoms with Crippen molar-refractivity contribution in [2.24, 2.45) is 4.99 Å². The van der Waals surface area contributed by atoms with E-state index < -0.39 is 5.82 Å². The summed E-state index contributed by atoms with van der Waals surface area (Å²) >= 11 is 0. The number of nitrogens with one attached hydrogen (secondary N) is 2. The molecule has 8 heteroatoms. The highest BCUT2D eigenvalue weighted by atomic mass is 127. The lowest BCUT2D eigenvalue weighted by molar-refractivity contribution is 0.275. The Morgan fingerprint density at radius 2 is 2.00 bits per heavy atom. The third-order valence-electron chi connectivity index (χ3n) is 4.08. The lowest BCUT2D eigenvalue weighted by Crippen LogP contribution is -2.37. The van der Waals surface area contributed by atoms with E-state index in [0.717, 1.165) is 42.0 Å². The van der Waals surface area contributed by atoms with Gasteiger partial charge in [0, 0.05) is 30.6 Å². The van der Waals surface area contributed by atoms with E-state index in [0.29, 0.717) is 19.0 Å². The lowest BCUT2D eigenvalue weighted by atomic mass is 10.1. The van der Waals surface area contributed by atoms with Crippen LogP contribution in [0.15, 0.2) is 27.7 Å². The molecule has 2 aromatic rings. The molecule has 0 bridgehead atoms. The molecule has 0 aliphatic rings. The molecule has 0 saturated carbocycles. The first-order valence-electron chi connectivity index (χ1n) is 8.99. The van der Waals surface area contributed by atoms with Crippen LogP contribution in [0, 0.1) is 5.82 Å². The van der Waals surface area contributed by atoms with Crippen molar-refractivity contribution in [1.29, 1.82) is 0 Å². The van der Waals surface area contributed by atoms with Gasteiger partial charge in [0.1, 0.15) is 11.6 Å². The number of aryl methyl sites for hydroxylation is 2. The molecule has 3 N–H and O–H groups in total. The van der Waals surface area contributed by atoms with Gasteiger partial charge in [0.2, 0.25) is 0 Å². The summed E-state index contributed by atoms with van der Waals surface area (Å²) in [6.45, 7) is 7.44. The zero-order valence-electron chi connectivity index (χ0n) is 16.0. The average molecular weight is 490 g/mol. The van der Waals surface area contributed by atoms with E-state index >= 15 is 0 Å². The molecule has 1 heterocycles. The van der Waals surface area contributed by atoms with Crippen molar-refractivity contribution in [3.63, 3.8) is 0 Å². The zero-order chi connectivity index (χ0) is 18.9. The van der Waals surface area contributed by atoms with Crippen molar-refractivity contribution in [3.8, 4) is 0 Å². The fraction of sp³-hybridized carbons (Fsp3) is 0.474. The van der Waals surface area contributed by atoms with Gasteiger partial charge >= 0.3 is 0 Å². The van der Waals surface area contributed by atoms with Gasteiger partial charge in [-0.1, -0.05) is 25.1 Å². The average Bonchev–Trinajstić information content (AvgIpc) is 3.07. The van der Waals surface area contributed by atoms with Gasteiger partial charge in [-0.3, -0.25) is 0 Å². The van der Waals surface area contributed by atoms with Crippen molar-refractivity contribution in [2.75, 3.05) is 6.54 Å². The van der Waals surface area contributed by atoms with Gasteiger partial charge in [0.15, 0.2) is 5.96 Å². The highest BCUT2D eigenvalue weighted by molar-refractivity contribution is 14.0. The third kappa shape index (κ3) is 6.46. The topological polar surface area (TPSA) is 82.7 Å². The summed E-state index contributed by atoms with van der Waals surface area (Å²) in [5, 5.41) is 19.8. The monoisotopic (exact) mass is 490 g/mol. The van der Waals surface area contributed by atoms with Gasteiger partial charge in [-0.2, -0.15) is 0 Å². The Kier molecular flexibility index (Phi) is 10.3. The molecular weight excluding hydrogens is 462 g/mol. The number of aliphatic hydroxyl groups is 1. The van der Waals surface area contributed by atoms with Crippen LogP contribution in [0.1, 0.15) is 48.9 Å². The van der Waals surface area contributed by atoms with Crippen LogP contribution in [0.2, 0.25) is 0 Å². The van der Waals surface area contributed by atoms with E-state index in [1.165, 1.54) is 6.07 Å². The van der Waals surface area contributed by atoms with Crippen LogP contribution in [0.3, 0.4) is 0 Å². The molecule has 0 radical (unpaired) electrons. The summed E-state index contributed by atoms with van der Waals surface area (Å²) in [6, 6.07) is 4.66. The van der Waals surface area contributed by atoms with Crippen molar-refractivity contribution in [3.05, 3.63) is 52.2 Å². The van der Waals surface area contributed by atoms with Crippen LogP contribution in [-0.4, -0.2) is 22.8 Å². The van der Waals surface area contributed by atoms with Crippen LogP contribution in [-0.2, 0) is 32.5 Å². The summed E-state index contributed by atoms with van der Waals surface area (Å²) < 4.78 is 18.9. The number of hydrogen-bond donors (Lipinski definition) is 3. The van der Waals surface area contributed by atoms with Crippen LogP contribution in [0.4, 0.5) is 4.39 Å². The van der Waals surface area contributed by atoms with Crippen LogP contribution in [0.5, 0.6) is 0 Å². The number of aromatic nitrogens is 1. The maximum Gasteiger partial charge on any atom is 0.191 e. The summed E-state index contributed by atoms with van der Waals surface area (Å²) in [7, 11) is 0. The molecule has 0 amide bonds. The predicted octanol–water partition coefficient (Wildman–Crippen LogP) is 3.30. The van der Waals surface area contributed by atoms with Crippen molar-refractivity contribution in [1.82, 2.24) is 15.8 Å². The second-order valence-corrected chi connectivity index (χ2v) is 5.87. The number of nitrogens with zero attached hydrogens (tertiary/aromatic N) is 2. The molecule has 2 rings (SSSR count). The molecule has 150 valence electrons. The minimum absolute atomic E-state index is 0. The number of guanidine groups is 1. The SMILES string of the molecule is CCNC(=NCc1ccc(F)c(CO)c1)NCc1c(CC)noc1CC.I. The molecule has 0 spiro atoms. The molecule has 1 aromatic carbocycles. The number of aliphatic imine (C=N–C) groups is 1. The lowest BCUT2D eigenvalue weighted by Gasteiger charge is -2.12. The summed E-state index contributed by atoms with van der Waals surface area (Å²) in [4.78, 5) is 4.54. The molecule has 0 aliphatic heterocycles. The zero-order valence-corrected chi connectivity index (χ0v) is 18.3. The number of hydrogen-bond acceptors (Lipinski definition) is 4. The molecular formula is C19H28FIN4O2. The first-order chi connectivity index (χ1) is 12.6. The Labute approximate surface area is 176 Å². The van der Waals surface area contributed by atoms with E-state index in [1.807, 2.05) is 20.8 Å². The van der Waals surface area contributed by atoms with E-state index in [2.05, 4.69) is 20.8 Å². The highest BCUT2D eigenvalue weighted by Crippen LogP contribution is 2.15. The van der Waals surface area contributed by atoms with Gasteiger partial charge in [0.05, 0.1) is 18.8 Å². The minimum atomic E-state index is -0.406. The maximum absolute atomic E-state index is 13.5. The summed E-state index contributed by atoms with van der Waals surface area (Å²) in [6.07, 6.45) is 1.60. The fourth-order valence-electron chi connectivity index (χ4n) is 2.67. The largest absolute Gasteiger partial charge is 0.392 e. The number of aliphatic hydroxyl groups excluding tert-OH is 1. The Hall–Kier alpha value is -1.68. The molecule has 0 atom stereocenters. The molecule has 1 aromatic heterocycles. The van der Waals surface area contributed by atoms with E-state index in [1.54, 1.807) is 12.1 Å². The van der Waals surface area contributed by atoms with Gasteiger partial charge in [-0.15, -0.1) is 24.0 Å². The van der Waals surface area contributed by atoms with Crippen molar-refractivity contribution >= 4 is 29.9 Å².